The zero-order valence-corrected chi connectivity index (χ0v) is 13.1. The van der Waals surface area contributed by atoms with Crippen molar-refractivity contribution in [3.05, 3.63) is 65.7 Å². The van der Waals surface area contributed by atoms with Gasteiger partial charge in [0.1, 0.15) is 17.0 Å². The van der Waals surface area contributed by atoms with Crippen LogP contribution in [0.1, 0.15) is 28.7 Å². The van der Waals surface area contributed by atoms with E-state index in [1.165, 1.54) is 6.08 Å². The number of furan rings is 1. The number of aromatic nitrogens is 1. The Morgan fingerprint density at radius 1 is 1.17 bits per heavy atom. The molecule has 0 bridgehead atoms. The lowest BCUT2D eigenvalue weighted by atomic mass is 10.1. The van der Waals surface area contributed by atoms with E-state index in [0.717, 1.165) is 28.7 Å². The molecular weight excluding hydrogens is 306 g/mol. The maximum absolute atomic E-state index is 11.9. The Balaban J connectivity index is 1.69. The van der Waals surface area contributed by atoms with Gasteiger partial charge in [0.25, 0.3) is 11.8 Å². The zero-order chi connectivity index (χ0) is 16.9. The number of hydrogen-bond donors (Lipinski definition) is 3. The fourth-order valence-electron chi connectivity index (χ4n) is 2.42. The summed E-state index contributed by atoms with van der Waals surface area (Å²) in [5, 5.41) is 0.953. The van der Waals surface area contributed by atoms with Gasteiger partial charge in [-0.15, -0.1) is 0 Å². The van der Waals surface area contributed by atoms with Gasteiger partial charge < -0.3 is 9.40 Å². The minimum absolute atomic E-state index is 0.369. The highest BCUT2D eigenvalue weighted by Crippen LogP contribution is 2.27. The number of amides is 2. The van der Waals surface area contributed by atoms with Gasteiger partial charge in [-0.3, -0.25) is 20.4 Å². The van der Waals surface area contributed by atoms with E-state index in [4.69, 9.17) is 4.42 Å². The Morgan fingerprint density at radius 3 is 2.75 bits per heavy atom. The third-order valence-corrected chi connectivity index (χ3v) is 3.58. The van der Waals surface area contributed by atoms with Crippen LogP contribution in [0.4, 0.5) is 0 Å². The Bertz CT molecular complexity index is 892. The summed E-state index contributed by atoms with van der Waals surface area (Å²) in [6, 6.07) is 11.0. The van der Waals surface area contributed by atoms with Crippen LogP contribution in [-0.2, 0) is 11.2 Å². The number of fused-ring (bicyclic) bond motifs is 1. The molecule has 0 fully saturated rings. The third-order valence-electron chi connectivity index (χ3n) is 3.58. The number of H-pyrrole nitrogens is 1. The smallest absolute Gasteiger partial charge is 0.286 e. The van der Waals surface area contributed by atoms with E-state index >= 15 is 0 Å². The standard InChI is InChI=1S/C18H17N3O3/c1-2-15-13(12-6-3-4-8-16(12)24-15)9-10-17(22)20-21-18(23)14-7-5-11-19-14/h3-11,19H,2H2,1H3,(H,20,22)(H,21,23)/b10-9+. The number of carbonyl (C=O) groups is 2. The Hall–Kier alpha value is -3.28. The lowest BCUT2D eigenvalue weighted by Gasteiger charge is -2.03. The average molecular weight is 323 g/mol. The molecule has 6 heteroatoms. The van der Waals surface area contributed by atoms with Crippen molar-refractivity contribution >= 4 is 28.9 Å². The molecule has 0 atom stereocenters. The van der Waals surface area contributed by atoms with Gasteiger partial charge >= 0.3 is 0 Å². The van der Waals surface area contributed by atoms with Crippen LogP contribution in [0.2, 0.25) is 0 Å². The number of hydrazine groups is 1. The van der Waals surface area contributed by atoms with Crippen molar-refractivity contribution in [3.63, 3.8) is 0 Å². The lowest BCUT2D eigenvalue weighted by Crippen LogP contribution is -2.40. The maximum Gasteiger partial charge on any atom is 0.286 e. The fourth-order valence-corrected chi connectivity index (χ4v) is 2.42. The number of hydrogen-bond acceptors (Lipinski definition) is 3. The van der Waals surface area contributed by atoms with Crippen molar-refractivity contribution in [2.45, 2.75) is 13.3 Å². The monoisotopic (exact) mass is 323 g/mol. The fraction of sp³-hybridized carbons (Fsp3) is 0.111. The van der Waals surface area contributed by atoms with Crippen molar-refractivity contribution in [2.75, 3.05) is 0 Å². The Kier molecular flexibility index (Phi) is 4.47. The van der Waals surface area contributed by atoms with Crippen LogP contribution in [0.5, 0.6) is 0 Å². The molecule has 3 N–H and O–H groups in total. The molecule has 122 valence electrons. The number of rotatable bonds is 4. The summed E-state index contributed by atoms with van der Waals surface area (Å²) >= 11 is 0. The van der Waals surface area contributed by atoms with E-state index in [1.807, 2.05) is 31.2 Å². The predicted molar refractivity (Wildman–Crippen MR) is 91.0 cm³/mol. The second-order valence-corrected chi connectivity index (χ2v) is 5.15. The van der Waals surface area contributed by atoms with Gasteiger partial charge in [-0.1, -0.05) is 25.1 Å². The van der Waals surface area contributed by atoms with Gasteiger partial charge in [0.05, 0.1) is 0 Å². The first kappa shape index (κ1) is 15.6. The van der Waals surface area contributed by atoms with E-state index in [9.17, 15) is 9.59 Å². The second kappa shape index (κ2) is 6.87. The predicted octanol–water partition coefficient (Wildman–Crippen LogP) is 2.80. The Labute approximate surface area is 138 Å². The van der Waals surface area contributed by atoms with Crippen LogP contribution in [-0.4, -0.2) is 16.8 Å². The summed E-state index contributed by atoms with van der Waals surface area (Å²) in [5.41, 5.74) is 6.71. The van der Waals surface area contributed by atoms with Crippen LogP contribution in [0.15, 0.2) is 53.1 Å². The number of aryl methyl sites for hydroxylation is 1. The molecule has 2 aromatic heterocycles. The largest absolute Gasteiger partial charge is 0.460 e. The van der Waals surface area contributed by atoms with Crippen molar-refractivity contribution in [1.82, 2.24) is 15.8 Å². The van der Waals surface area contributed by atoms with E-state index in [0.29, 0.717) is 5.69 Å². The highest BCUT2D eigenvalue weighted by atomic mass is 16.3. The van der Waals surface area contributed by atoms with Crippen LogP contribution >= 0.6 is 0 Å². The molecule has 0 unspecified atom stereocenters. The summed E-state index contributed by atoms with van der Waals surface area (Å²) in [7, 11) is 0. The van der Waals surface area contributed by atoms with Crippen LogP contribution in [0, 0.1) is 0 Å². The van der Waals surface area contributed by atoms with Crippen molar-refractivity contribution in [2.24, 2.45) is 0 Å². The first-order valence-corrected chi connectivity index (χ1v) is 7.61. The number of carbonyl (C=O) groups excluding carboxylic acids is 2. The summed E-state index contributed by atoms with van der Waals surface area (Å²) in [6.07, 6.45) is 5.42. The Morgan fingerprint density at radius 2 is 2.00 bits per heavy atom. The molecule has 2 amide bonds. The highest BCUT2D eigenvalue weighted by Gasteiger charge is 2.10. The van der Waals surface area contributed by atoms with Gasteiger partial charge in [-0.2, -0.15) is 0 Å². The van der Waals surface area contributed by atoms with Crippen LogP contribution in [0.3, 0.4) is 0 Å². The molecule has 1 aromatic carbocycles. The van der Waals surface area contributed by atoms with Crippen molar-refractivity contribution in [3.8, 4) is 0 Å². The molecule has 0 aliphatic carbocycles. The summed E-state index contributed by atoms with van der Waals surface area (Å²) in [4.78, 5) is 26.4. The van der Waals surface area contributed by atoms with Gasteiger partial charge in [-0.05, 0) is 24.3 Å². The molecule has 2 heterocycles. The number of benzene rings is 1. The minimum atomic E-state index is -0.428. The normalized spacial score (nSPS) is 11.0. The second-order valence-electron chi connectivity index (χ2n) is 5.15. The van der Waals surface area contributed by atoms with E-state index in [-0.39, 0.29) is 0 Å². The third kappa shape index (κ3) is 3.22. The average Bonchev–Trinajstić information content (AvgIpc) is 3.25. The molecule has 0 saturated carbocycles. The maximum atomic E-state index is 11.9. The molecule has 24 heavy (non-hydrogen) atoms. The van der Waals surface area contributed by atoms with E-state index in [1.54, 1.807) is 24.4 Å². The first-order chi connectivity index (χ1) is 11.7. The highest BCUT2D eigenvalue weighted by molar-refractivity contribution is 5.98. The summed E-state index contributed by atoms with van der Waals surface area (Å²) in [5.74, 6) is -0.0253. The molecule has 0 spiro atoms. The topological polar surface area (TPSA) is 87.1 Å². The quantitative estimate of drug-likeness (QED) is 0.509. The van der Waals surface area contributed by atoms with Crippen LogP contribution in [0.25, 0.3) is 17.0 Å². The van der Waals surface area contributed by atoms with Gasteiger partial charge in [-0.25, -0.2) is 0 Å². The lowest BCUT2D eigenvalue weighted by molar-refractivity contribution is -0.117. The van der Waals surface area contributed by atoms with Crippen molar-refractivity contribution in [1.29, 1.82) is 0 Å². The molecular formula is C18H17N3O3. The molecule has 0 aliphatic heterocycles. The molecule has 3 aromatic rings. The molecule has 0 aliphatic rings. The summed E-state index contributed by atoms with van der Waals surface area (Å²) < 4.78 is 5.77. The van der Waals surface area contributed by atoms with Crippen LogP contribution < -0.4 is 10.9 Å². The minimum Gasteiger partial charge on any atom is -0.460 e. The number of aromatic amines is 1. The van der Waals surface area contributed by atoms with Gasteiger partial charge in [0.2, 0.25) is 0 Å². The van der Waals surface area contributed by atoms with Crippen molar-refractivity contribution < 1.29 is 14.0 Å². The first-order valence-electron chi connectivity index (χ1n) is 7.61. The molecule has 0 saturated heterocycles. The van der Waals surface area contributed by atoms with Gasteiger partial charge in [0, 0.05) is 29.6 Å². The molecule has 0 radical (unpaired) electrons. The number of para-hydroxylation sites is 1. The van der Waals surface area contributed by atoms with E-state index in [2.05, 4.69) is 15.8 Å². The summed E-state index contributed by atoms with van der Waals surface area (Å²) in [6.45, 7) is 1.99. The number of nitrogens with one attached hydrogen (secondary N) is 3. The van der Waals surface area contributed by atoms with E-state index < -0.39 is 11.8 Å². The zero-order valence-electron chi connectivity index (χ0n) is 13.1. The molecule has 6 nitrogen and oxygen atoms in total. The molecule has 3 rings (SSSR count). The SMILES string of the molecule is CCc1oc2ccccc2c1/C=C/C(=O)NNC(=O)c1ccc[nH]1. The van der Waals surface area contributed by atoms with Gasteiger partial charge in [0.15, 0.2) is 0 Å².